The van der Waals surface area contributed by atoms with Gasteiger partial charge in [0.25, 0.3) is 0 Å². The molecule has 1 aliphatic rings. The maximum atomic E-state index is 5.54. The molecule has 0 bridgehead atoms. The van der Waals surface area contributed by atoms with Gasteiger partial charge in [0.2, 0.25) is 0 Å². The number of hydrogen-bond donors (Lipinski definition) is 0. The first-order chi connectivity index (χ1) is 12.7. The molecule has 4 rings (SSSR count). The molecule has 0 saturated carbocycles. The highest BCUT2D eigenvalue weighted by molar-refractivity contribution is 5.94. The molecule has 134 valence electrons. The van der Waals surface area contributed by atoms with Gasteiger partial charge in [-0.1, -0.05) is 30.3 Å². The monoisotopic (exact) mass is 347 g/mol. The first-order valence-corrected chi connectivity index (χ1v) is 9.19. The van der Waals surface area contributed by atoms with Crippen molar-refractivity contribution in [3.8, 4) is 5.75 Å². The molecule has 0 amide bonds. The molecular formula is C22H25N3O. The predicted octanol–water partition coefficient (Wildman–Crippen LogP) is 3.87. The van der Waals surface area contributed by atoms with Gasteiger partial charge < -0.3 is 9.64 Å². The number of fused-ring (bicyclic) bond motifs is 1. The number of pyridine rings is 1. The minimum atomic E-state index is 0.898. The highest BCUT2D eigenvalue weighted by atomic mass is 16.5. The van der Waals surface area contributed by atoms with Gasteiger partial charge in [0, 0.05) is 50.4 Å². The van der Waals surface area contributed by atoms with Crippen LogP contribution in [0, 0.1) is 6.92 Å². The summed E-state index contributed by atoms with van der Waals surface area (Å²) in [6.45, 7) is 7.27. The van der Waals surface area contributed by atoms with Crippen LogP contribution in [0.5, 0.6) is 5.75 Å². The Morgan fingerprint density at radius 3 is 2.50 bits per heavy atom. The molecule has 1 aromatic heterocycles. The number of piperazine rings is 1. The van der Waals surface area contributed by atoms with E-state index in [9.17, 15) is 0 Å². The van der Waals surface area contributed by atoms with E-state index in [4.69, 9.17) is 4.74 Å². The molecule has 1 aliphatic heterocycles. The van der Waals surface area contributed by atoms with E-state index in [1.54, 1.807) is 7.11 Å². The molecule has 26 heavy (non-hydrogen) atoms. The summed E-state index contributed by atoms with van der Waals surface area (Å²) in [5.41, 5.74) is 4.87. The van der Waals surface area contributed by atoms with Crippen LogP contribution < -0.4 is 9.64 Å². The smallest absolute Gasteiger partial charge is 0.121 e. The minimum Gasteiger partial charge on any atom is -0.497 e. The lowest BCUT2D eigenvalue weighted by atomic mass is 10.1. The van der Waals surface area contributed by atoms with Crippen LogP contribution in [0.1, 0.15) is 11.1 Å². The molecular weight excluding hydrogens is 322 g/mol. The van der Waals surface area contributed by atoms with Crippen LogP contribution in [-0.4, -0.2) is 43.2 Å². The summed E-state index contributed by atoms with van der Waals surface area (Å²) in [5.74, 6) is 0.898. The average Bonchev–Trinajstić information content (AvgIpc) is 2.69. The maximum Gasteiger partial charge on any atom is 0.121 e. The number of benzene rings is 2. The summed E-state index contributed by atoms with van der Waals surface area (Å²) in [6.07, 6.45) is 1.90. The number of ether oxygens (including phenoxy) is 1. The molecule has 2 aromatic carbocycles. The Balaban J connectivity index is 1.55. The van der Waals surface area contributed by atoms with E-state index in [2.05, 4.69) is 70.2 Å². The third-order valence-electron chi connectivity index (χ3n) is 5.21. The SMILES string of the molecule is COc1cc(N2CCN(Cc3ccccc3)CC2)c2nccc(C)c2c1. The number of aryl methyl sites for hydroxylation is 1. The molecule has 0 atom stereocenters. The molecule has 0 aliphatic carbocycles. The Kier molecular flexibility index (Phi) is 4.76. The average molecular weight is 347 g/mol. The van der Waals surface area contributed by atoms with Crippen molar-refractivity contribution in [1.29, 1.82) is 0 Å². The molecule has 0 spiro atoms. The second kappa shape index (κ2) is 7.34. The summed E-state index contributed by atoms with van der Waals surface area (Å²) >= 11 is 0. The third kappa shape index (κ3) is 3.37. The number of methoxy groups -OCH3 is 1. The van der Waals surface area contributed by atoms with Crippen molar-refractivity contribution in [3.05, 3.63) is 65.9 Å². The zero-order valence-electron chi connectivity index (χ0n) is 15.5. The van der Waals surface area contributed by atoms with Crippen LogP contribution >= 0.6 is 0 Å². The van der Waals surface area contributed by atoms with Gasteiger partial charge in [0.15, 0.2) is 0 Å². The molecule has 1 saturated heterocycles. The molecule has 4 heteroatoms. The Morgan fingerprint density at radius 1 is 1.00 bits per heavy atom. The summed E-state index contributed by atoms with van der Waals surface area (Å²) in [7, 11) is 1.73. The Hall–Kier alpha value is -2.59. The lowest BCUT2D eigenvalue weighted by molar-refractivity contribution is 0.250. The first-order valence-electron chi connectivity index (χ1n) is 9.19. The van der Waals surface area contributed by atoms with Crippen molar-refractivity contribution in [2.45, 2.75) is 13.5 Å². The highest BCUT2D eigenvalue weighted by Gasteiger charge is 2.20. The predicted molar refractivity (Wildman–Crippen MR) is 107 cm³/mol. The van der Waals surface area contributed by atoms with Crippen molar-refractivity contribution in [2.75, 3.05) is 38.2 Å². The van der Waals surface area contributed by atoms with E-state index in [0.717, 1.165) is 44.0 Å². The largest absolute Gasteiger partial charge is 0.497 e. The minimum absolute atomic E-state index is 0.898. The maximum absolute atomic E-state index is 5.54. The van der Waals surface area contributed by atoms with Crippen molar-refractivity contribution >= 4 is 16.6 Å². The van der Waals surface area contributed by atoms with E-state index < -0.39 is 0 Å². The second-order valence-corrected chi connectivity index (χ2v) is 6.92. The molecule has 0 radical (unpaired) electrons. The number of aromatic nitrogens is 1. The zero-order valence-corrected chi connectivity index (χ0v) is 15.5. The van der Waals surface area contributed by atoms with E-state index in [1.807, 2.05) is 6.20 Å². The third-order valence-corrected chi connectivity index (χ3v) is 5.21. The van der Waals surface area contributed by atoms with Gasteiger partial charge in [-0.05, 0) is 30.2 Å². The van der Waals surface area contributed by atoms with Crippen molar-refractivity contribution in [2.24, 2.45) is 0 Å². The molecule has 1 fully saturated rings. The van der Waals surface area contributed by atoms with Gasteiger partial charge in [-0.25, -0.2) is 0 Å². The fraction of sp³-hybridized carbons (Fsp3) is 0.318. The van der Waals surface area contributed by atoms with Crippen LogP contribution in [0.2, 0.25) is 0 Å². The molecule has 0 N–H and O–H groups in total. The van der Waals surface area contributed by atoms with Gasteiger partial charge in [-0.2, -0.15) is 0 Å². The van der Waals surface area contributed by atoms with Crippen molar-refractivity contribution in [3.63, 3.8) is 0 Å². The van der Waals surface area contributed by atoms with Crippen LogP contribution in [0.25, 0.3) is 10.9 Å². The Morgan fingerprint density at radius 2 is 1.77 bits per heavy atom. The standard InChI is InChI=1S/C22H25N3O/c1-17-8-9-23-22-20(17)14-19(26-2)15-21(22)25-12-10-24(11-13-25)16-18-6-4-3-5-7-18/h3-9,14-15H,10-13,16H2,1-2H3. The van der Waals surface area contributed by atoms with E-state index in [1.165, 1.54) is 22.2 Å². The molecule has 3 aromatic rings. The lowest BCUT2D eigenvalue weighted by Crippen LogP contribution is -2.46. The molecule has 4 nitrogen and oxygen atoms in total. The highest BCUT2D eigenvalue weighted by Crippen LogP contribution is 2.32. The zero-order chi connectivity index (χ0) is 17.9. The Labute approximate surface area is 155 Å². The van der Waals surface area contributed by atoms with E-state index in [0.29, 0.717) is 0 Å². The Bertz CT molecular complexity index is 887. The van der Waals surface area contributed by atoms with Gasteiger partial charge in [-0.3, -0.25) is 9.88 Å². The van der Waals surface area contributed by atoms with Gasteiger partial charge in [0.05, 0.1) is 18.3 Å². The van der Waals surface area contributed by atoms with E-state index in [-0.39, 0.29) is 0 Å². The van der Waals surface area contributed by atoms with Gasteiger partial charge >= 0.3 is 0 Å². The van der Waals surface area contributed by atoms with Crippen LogP contribution in [0.3, 0.4) is 0 Å². The summed E-state index contributed by atoms with van der Waals surface area (Å²) in [6, 6.07) is 17.0. The number of rotatable bonds is 4. The fourth-order valence-corrected chi connectivity index (χ4v) is 3.69. The van der Waals surface area contributed by atoms with Crippen LogP contribution in [0.4, 0.5) is 5.69 Å². The number of hydrogen-bond acceptors (Lipinski definition) is 4. The molecule has 2 heterocycles. The van der Waals surface area contributed by atoms with Crippen molar-refractivity contribution in [1.82, 2.24) is 9.88 Å². The number of nitrogens with zero attached hydrogens (tertiary/aromatic N) is 3. The number of anilines is 1. The van der Waals surface area contributed by atoms with E-state index >= 15 is 0 Å². The quantitative estimate of drug-likeness (QED) is 0.716. The lowest BCUT2D eigenvalue weighted by Gasteiger charge is -2.36. The normalized spacial score (nSPS) is 15.4. The van der Waals surface area contributed by atoms with Crippen molar-refractivity contribution < 1.29 is 4.74 Å². The van der Waals surface area contributed by atoms with Crippen LogP contribution in [-0.2, 0) is 6.54 Å². The van der Waals surface area contributed by atoms with Gasteiger partial charge in [0.1, 0.15) is 5.75 Å². The summed E-state index contributed by atoms with van der Waals surface area (Å²) in [5, 5.41) is 1.17. The second-order valence-electron chi connectivity index (χ2n) is 6.92. The fourth-order valence-electron chi connectivity index (χ4n) is 3.69. The first kappa shape index (κ1) is 16.9. The summed E-state index contributed by atoms with van der Waals surface area (Å²) < 4.78 is 5.54. The molecule has 0 unspecified atom stereocenters. The summed E-state index contributed by atoms with van der Waals surface area (Å²) in [4.78, 5) is 9.63. The van der Waals surface area contributed by atoms with Crippen LogP contribution in [0.15, 0.2) is 54.7 Å². The van der Waals surface area contributed by atoms with Gasteiger partial charge in [-0.15, -0.1) is 0 Å². The topological polar surface area (TPSA) is 28.6 Å².